The van der Waals surface area contributed by atoms with Gasteiger partial charge in [-0.25, -0.2) is 0 Å². The van der Waals surface area contributed by atoms with Gasteiger partial charge in [0.2, 0.25) is 5.95 Å². The van der Waals surface area contributed by atoms with E-state index >= 15 is 0 Å². The highest BCUT2D eigenvalue weighted by Crippen LogP contribution is 2.40. The van der Waals surface area contributed by atoms with Gasteiger partial charge in [0, 0.05) is 24.9 Å². The van der Waals surface area contributed by atoms with Gasteiger partial charge in [-0.3, -0.25) is 0 Å². The molecule has 3 atom stereocenters. The van der Waals surface area contributed by atoms with Crippen molar-refractivity contribution in [3.63, 3.8) is 0 Å². The molecular weight excluding hydrogens is 326 g/mol. The first kappa shape index (κ1) is 17.1. The molecule has 0 spiro atoms. The molecule has 0 saturated carbocycles. The molecule has 1 aromatic heterocycles. The van der Waals surface area contributed by atoms with Crippen LogP contribution in [-0.4, -0.2) is 60.3 Å². The number of aliphatic hydroxyl groups is 1. The van der Waals surface area contributed by atoms with Crippen LogP contribution in [0.4, 0.5) is 23.3 Å². The van der Waals surface area contributed by atoms with E-state index in [1.54, 1.807) is 6.08 Å². The first-order chi connectivity index (χ1) is 12.1. The minimum absolute atomic E-state index is 0.154. The number of anilines is 4. The minimum atomic E-state index is -0.535. The van der Waals surface area contributed by atoms with Gasteiger partial charge in [-0.2, -0.15) is 9.97 Å². The molecule has 4 N–H and O–H groups in total. The SMILES string of the molecule is C=CCN(C)c1nc(N)nc2c1NCN2C1CC(N=[N+]=[N-])C(CO)O1. The largest absolute Gasteiger partial charge is 0.394 e. The number of aromatic nitrogens is 2. The summed E-state index contributed by atoms with van der Waals surface area (Å²) >= 11 is 0. The van der Waals surface area contributed by atoms with Gasteiger partial charge in [-0.15, -0.1) is 6.58 Å². The summed E-state index contributed by atoms with van der Waals surface area (Å²) in [5, 5.41) is 16.4. The second-order valence-electron chi connectivity index (χ2n) is 5.90. The molecule has 3 unspecified atom stereocenters. The molecule has 134 valence electrons. The van der Waals surface area contributed by atoms with Crippen LogP contribution in [0.3, 0.4) is 0 Å². The van der Waals surface area contributed by atoms with Crippen molar-refractivity contribution in [2.75, 3.05) is 47.7 Å². The number of likely N-dealkylation sites (N-methyl/N-ethyl adjacent to an activating group) is 1. The molecule has 0 bridgehead atoms. The second kappa shape index (κ2) is 7.01. The van der Waals surface area contributed by atoms with E-state index in [1.165, 1.54) is 0 Å². The number of azide groups is 1. The second-order valence-corrected chi connectivity index (χ2v) is 5.90. The lowest BCUT2D eigenvalue weighted by molar-refractivity contribution is 0.00773. The van der Waals surface area contributed by atoms with Crippen LogP contribution in [0.2, 0.25) is 0 Å². The maximum atomic E-state index is 9.43. The molecule has 0 aromatic carbocycles. The van der Waals surface area contributed by atoms with E-state index in [-0.39, 0.29) is 18.8 Å². The van der Waals surface area contributed by atoms with Gasteiger partial charge in [0.25, 0.3) is 0 Å². The molecule has 1 saturated heterocycles. The fourth-order valence-electron chi connectivity index (χ4n) is 3.11. The monoisotopic (exact) mass is 347 g/mol. The highest BCUT2D eigenvalue weighted by molar-refractivity contribution is 5.83. The third kappa shape index (κ3) is 3.12. The van der Waals surface area contributed by atoms with Gasteiger partial charge < -0.3 is 30.7 Å². The number of rotatable bonds is 6. The average Bonchev–Trinajstić information content (AvgIpc) is 3.18. The fourth-order valence-corrected chi connectivity index (χ4v) is 3.11. The minimum Gasteiger partial charge on any atom is -0.394 e. The fraction of sp³-hybridized carbons (Fsp3) is 0.571. The van der Waals surface area contributed by atoms with Gasteiger partial charge >= 0.3 is 0 Å². The van der Waals surface area contributed by atoms with Crippen LogP contribution >= 0.6 is 0 Å². The van der Waals surface area contributed by atoms with Crippen LogP contribution in [0.25, 0.3) is 10.4 Å². The topological polar surface area (TPSA) is 149 Å². The zero-order valence-corrected chi connectivity index (χ0v) is 13.9. The van der Waals surface area contributed by atoms with Crippen LogP contribution in [0.1, 0.15) is 6.42 Å². The summed E-state index contributed by atoms with van der Waals surface area (Å²) in [4.78, 5) is 15.3. The number of nitrogens with zero attached hydrogens (tertiary/aromatic N) is 7. The lowest BCUT2D eigenvalue weighted by Gasteiger charge is -2.25. The molecule has 2 aliphatic heterocycles. The van der Waals surface area contributed by atoms with Gasteiger partial charge in [-0.1, -0.05) is 11.2 Å². The van der Waals surface area contributed by atoms with Crippen molar-refractivity contribution < 1.29 is 9.84 Å². The van der Waals surface area contributed by atoms with E-state index < -0.39 is 12.1 Å². The Bertz CT molecular complexity index is 706. The van der Waals surface area contributed by atoms with Crippen molar-refractivity contribution in [3.05, 3.63) is 23.1 Å². The standard InChI is InChI=1S/C14H21N9O2/c1-3-4-22(2)12-11-13(19-14(15)18-12)23(7-17-11)10-5-8(20-21-16)9(6-24)25-10/h3,8-10,17,24H,1,4-7H2,2H3,(H2,15,18,19). The van der Waals surface area contributed by atoms with E-state index in [0.29, 0.717) is 31.3 Å². The number of nitrogens with one attached hydrogen (secondary N) is 1. The predicted octanol–water partition coefficient (Wildman–Crippen LogP) is 0.657. The number of hydrogen-bond acceptors (Lipinski definition) is 9. The van der Waals surface area contributed by atoms with Crippen molar-refractivity contribution in [1.82, 2.24) is 9.97 Å². The Morgan fingerprint density at radius 3 is 3.12 bits per heavy atom. The quantitative estimate of drug-likeness (QED) is 0.294. The summed E-state index contributed by atoms with van der Waals surface area (Å²) in [6, 6.07) is -0.425. The molecule has 11 heteroatoms. The van der Waals surface area contributed by atoms with Gasteiger partial charge in [0.15, 0.2) is 11.6 Å². The average molecular weight is 347 g/mol. The summed E-state index contributed by atoms with van der Waals surface area (Å²) in [5.41, 5.74) is 15.3. The van der Waals surface area contributed by atoms with E-state index in [4.69, 9.17) is 16.0 Å². The van der Waals surface area contributed by atoms with Crippen molar-refractivity contribution >= 4 is 23.3 Å². The highest BCUT2D eigenvalue weighted by atomic mass is 16.5. The van der Waals surface area contributed by atoms with Crippen molar-refractivity contribution in [2.24, 2.45) is 5.11 Å². The first-order valence-electron chi connectivity index (χ1n) is 7.89. The third-order valence-corrected chi connectivity index (χ3v) is 4.28. The van der Waals surface area contributed by atoms with Gasteiger partial charge in [0.1, 0.15) is 11.9 Å². The Kier molecular flexibility index (Phi) is 4.79. The highest BCUT2D eigenvalue weighted by Gasteiger charge is 2.41. The summed E-state index contributed by atoms with van der Waals surface area (Å²) in [6.07, 6.45) is 1.31. The van der Waals surface area contributed by atoms with Crippen molar-refractivity contribution in [3.8, 4) is 0 Å². The lowest BCUT2D eigenvalue weighted by atomic mass is 10.1. The lowest BCUT2D eigenvalue weighted by Crippen LogP contribution is -2.36. The van der Waals surface area contributed by atoms with E-state index in [1.807, 2.05) is 16.8 Å². The molecule has 25 heavy (non-hydrogen) atoms. The van der Waals surface area contributed by atoms with Crippen LogP contribution in [0, 0.1) is 0 Å². The molecule has 11 nitrogen and oxygen atoms in total. The molecule has 1 aromatic rings. The van der Waals surface area contributed by atoms with Crippen LogP contribution in [0.5, 0.6) is 0 Å². The Morgan fingerprint density at radius 1 is 1.64 bits per heavy atom. The number of nitrogens with two attached hydrogens (primary N) is 1. The zero-order chi connectivity index (χ0) is 18.0. The smallest absolute Gasteiger partial charge is 0.224 e. The summed E-state index contributed by atoms with van der Waals surface area (Å²) in [6.45, 7) is 4.58. The maximum absolute atomic E-state index is 9.43. The number of hydrogen-bond donors (Lipinski definition) is 3. The van der Waals surface area contributed by atoms with Gasteiger partial charge in [-0.05, 0) is 5.53 Å². The van der Waals surface area contributed by atoms with Crippen LogP contribution in [0.15, 0.2) is 17.8 Å². The number of aliphatic hydroxyl groups excluding tert-OH is 1. The normalized spacial score (nSPS) is 24.4. The molecule has 0 radical (unpaired) electrons. The molecule has 3 heterocycles. The molecule has 0 aliphatic carbocycles. The van der Waals surface area contributed by atoms with Crippen molar-refractivity contribution in [2.45, 2.75) is 24.8 Å². The Labute approximate surface area is 144 Å². The van der Waals surface area contributed by atoms with Gasteiger partial charge in [0.05, 0.1) is 25.4 Å². The molecule has 2 aliphatic rings. The Balaban J connectivity index is 1.89. The first-order valence-corrected chi connectivity index (χ1v) is 7.89. The Hall–Kier alpha value is -2.75. The summed E-state index contributed by atoms with van der Waals surface area (Å²) in [5.74, 6) is 1.46. The number of nitrogen functional groups attached to an aromatic ring is 1. The number of fused-ring (bicyclic) bond motifs is 1. The summed E-state index contributed by atoms with van der Waals surface area (Å²) in [7, 11) is 1.89. The molecular formula is C14H21N9O2. The molecule has 1 fully saturated rings. The number of ether oxygens (including phenoxy) is 1. The van der Waals surface area contributed by atoms with Crippen molar-refractivity contribution in [1.29, 1.82) is 0 Å². The predicted molar refractivity (Wildman–Crippen MR) is 94.2 cm³/mol. The third-order valence-electron chi connectivity index (χ3n) is 4.28. The van der Waals surface area contributed by atoms with E-state index in [0.717, 1.165) is 5.69 Å². The molecule has 0 amide bonds. The van der Waals surface area contributed by atoms with Crippen LogP contribution in [-0.2, 0) is 4.74 Å². The summed E-state index contributed by atoms with van der Waals surface area (Å²) < 4.78 is 5.84. The van der Waals surface area contributed by atoms with E-state index in [2.05, 4.69) is 31.9 Å². The maximum Gasteiger partial charge on any atom is 0.224 e. The Morgan fingerprint density at radius 2 is 2.44 bits per heavy atom. The molecule has 3 rings (SSSR count). The van der Waals surface area contributed by atoms with Crippen LogP contribution < -0.4 is 20.9 Å². The van der Waals surface area contributed by atoms with E-state index in [9.17, 15) is 5.11 Å². The zero-order valence-electron chi connectivity index (χ0n) is 13.9.